The molecule has 0 heterocycles. The van der Waals surface area contributed by atoms with E-state index in [1.807, 2.05) is 0 Å². The number of amides is 1. The lowest BCUT2D eigenvalue weighted by Crippen LogP contribution is -2.35. The number of hydrogen-bond donors (Lipinski definition) is 1. The van der Waals surface area contributed by atoms with E-state index in [4.69, 9.17) is 22.2 Å². The van der Waals surface area contributed by atoms with Crippen molar-refractivity contribution in [2.45, 2.75) is 12.4 Å². The van der Waals surface area contributed by atoms with E-state index >= 15 is 0 Å². The molecule has 7 nitrogen and oxygen atoms in total. The zero-order valence-electron chi connectivity index (χ0n) is 14.8. The van der Waals surface area contributed by atoms with Crippen LogP contribution in [0.25, 0.3) is 0 Å². The highest BCUT2D eigenvalue weighted by molar-refractivity contribution is 7.88. The van der Waals surface area contributed by atoms with E-state index in [1.54, 1.807) is 31.2 Å². The predicted octanol–water partition coefficient (Wildman–Crippen LogP) is 3.45. The van der Waals surface area contributed by atoms with Crippen LogP contribution in [0.3, 0.4) is 0 Å². The number of benzene rings is 2. The van der Waals surface area contributed by atoms with Gasteiger partial charge in [0.2, 0.25) is 0 Å². The Morgan fingerprint density at radius 2 is 1.55 bits per heavy atom. The molecular weight excluding hydrogens is 437 g/mol. The summed E-state index contributed by atoms with van der Waals surface area (Å²) in [6, 6.07) is 10.7. The number of ether oxygens (including phenoxy) is 1. The zero-order chi connectivity index (χ0) is 21.8. The number of hydrazine groups is 1. The van der Waals surface area contributed by atoms with Crippen LogP contribution in [0.15, 0.2) is 48.5 Å². The second-order valence-electron chi connectivity index (χ2n) is 5.43. The molecule has 0 aliphatic rings. The van der Waals surface area contributed by atoms with Gasteiger partial charge >= 0.3 is 21.7 Å². The lowest BCUT2D eigenvalue weighted by atomic mass is 10.0. The van der Waals surface area contributed by atoms with Crippen LogP contribution in [-0.2, 0) is 14.9 Å². The molecule has 0 fully saturated rings. The fourth-order valence-electron chi connectivity index (χ4n) is 2.18. The third kappa shape index (κ3) is 5.39. The normalized spacial score (nSPS) is 12.9. The van der Waals surface area contributed by atoms with Crippen LogP contribution in [0.5, 0.6) is 5.75 Å². The molecule has 156 valence electrons. The third-order valence-corrected chi connectivity index (χ3v) is 4.67. The van der Waals surface area contributed by atoms with Gasteiger partial charge in [-0.3, -0.25) is 0 Å². The van der Waals surface area contributed by atoms with Gasteiger partial charge in [0.15, 0.2) is 0 Å². The fourth-order valence-corrected chi connectivity index (χ4v) is 2.76. The average Bonchev–Trinajstić information content (AvgIpc) is 2.64. The molecular formula is C17H15ClF3N2O5S+. The molecule has 0 aliphatic heterocycles. The van der Waals surface area contributed by atoms with Gasteiger partial charge in [-0.25, -0.2) is 0 Å². The quantitative estimate of drug-likeness (QED) is 0.142. The first-order valence-corrected chi connectivity index (χ1v) is 9.70. The molecule has 0 radical (unpaired) electrons. The highest BCUT2D eigenvalue weighted by Crippen LogP contribution is 2.27. The maximum atomic E-state index is 12.4. The number of nitrogens with two attached hydrogens (primary N) is 1. The average molecular weight is 452 g/mol. The summed E-state index contributed by atoms with van der Waals surface area (Å²) in [5, 5.41) is 0.425. The minimum Gasteiger partial charge on any atom is -0.410 e. The number of carbonyl (C=O) groups is 1. The first kappa shape index (κ1) is 22.5. The smallest absolute Gasteiger partial charge is 0.410 e. The first-order valence-electron chi connectivity index (χ1n) is 7.92. The van der Waals surface area contributed by atoms with Crippen molar-refractivity contribution in [2.75, 3.05) is 6.61 Å². The van der Waals surface area contributed by atoms with Gasteiger partial charge in [0.05, 0.1) is 17.7 Å². The maximum absolute atomic E-state index is 12.4. The highest BCUT2D eigenvalue weighted by atomic mass is 35.5. The minimum atomic E-state index is -5.81. The Labute approximate surface area is 169 Å². The van der Waals surface area contributed by atoms with Gasteiger partial charge in [0.1, 0.15) is 5.75 Å². The topological polar surface area (TPSA) is 98.7 Å². The van der Waals surface area contributed by atoms with Gasteiger partial charge < -0.3 is 8.92 Å². The summed E-state index contributed by atoms with van der Waals surface area (Å²) in [5.74, 6) is 5.29. The van der Waals surface area contributed by atoms with Crippen molar-refractivity contribution in [3.05, 3.63) is 64.7 Å². The van der Waals surface area contributed by atoms with Gasteiger partial charge in [-0.2, -0.15) is 32.2 Å². The Morgan fingerprint density at radius 1 is 1.07 bits per heavy atom. The molecule has 2 aromatic rings. The lowest BCUT2D eigenvalue weighted by molar-refractivity contribution is -0.456. The van der Waals surface area contributed by atoms with E-state index < -0.39 is 27.5 Å². The Morgan fingerprint density at radius 3 is 2.00 bits per heavy atom. The summed E-state index contributed by atoms with van der Waals surface area (Å²) in [4.78, 5) is 12.1. The molecule has 2 N–H and O–H groups in total. The molecule has 0 aromatic heterocycles. The van der Waals surface area contributed by atoms with Crippen molar-refractivity contribution >= 4 is 33.5 Å². The van der Waals surface area contributed by atoms with E-state index in [0.717, 1.165) is 16.8 Å². The number of alkyl halides is 3. The van der Waals surface area contributed by atoms with E-state index in [0.29, 0.717) is 10.6 Å². The van der Waals surface area contributed by atoms with Crippen molar-refractivity contribution in [1.82, 2.24) is 0 Å². The maximum Gasteiger partial charge on any atom is 0.626 e. The highest BCUT2D eigenvalue weighted by Gasteiger charge is 2.48. The van der Waals surface area contributed by atoms with Gasteiger partial charge in [-0.1, -0.05) is 11.6 Å². The molecule has 0 saturated heterocycles. The molecule has 1 amide bonds. The molecule has 0 spiro atoms. The van der Waals surface area contributed by atoms with Crippen LogP contribution < -0.4 is 10.0 Å². The van der Waals surface area contributed by atoms with E-state index in [2.05, 4.69) is 4.18 Å². The van der Waals surface area contributed by atoms with Crippen LogP contribution in [0, 0.1) is 0 Å². The Balaban J connectivity index is 2.48. The van der Waals surface area contributed by atoms with Crippen LogP contribution in [0.4, 0.5) is 18.0 Å². The number of nitrogens with zero attached hydrogens (tertiary/aromatic N) is 1. The monoisotopic (exact) mass is 451 g/mol. The molecule has 0 aliphatic carbocycles. The van der Waals surface area contributed by atoms with Gasteiger partial charge in [-0.15, -0.1) is 0 Å². The van der Waals surface area contributed by atoms with Crippen molar-refractivity contribution in [2.24, 2.45) is 5.84 Å². The Bertz CT molecular complexity index is 1020. The van der Waals surface area contributed by atoms with Crippen molar-refractivity contribution < 1.29 is 40.0 Å². The summed E-state index contributed by atoms with van der Waals surface area (Å²) < 4.78 is 69.2. The Hall–Kier alpha value is -2.79. The molecule has 0 bridgehead atoms. The third-order valence-electron chi connectivity index (χ3n) is 3.44. The summed E-state index contributed by atoms with van der Waals surface area (Å²) in [5.41, 5.74) is -4.70. The molecule has 2 aromatic carbocycles. The second-order valence-corrected chi connectivity index (χ2v) is 7.41. The second kappa shape index (κ2) is 8.70. The number of carbonyl (C=O) groups excluding carboxylic acids is 1. The number of hydrogen-bond acceptors (Lipinski definition) is 6. The largest absolute Gasteiger partial charge is 0.626 e. The van der Waals surface area contributed by atoms with Gasteiger partial charge in [-0.05, 0) is 60.1 Å². The fraction of sp³-hybridized carbons (Fsp3) is 0.176. The SMILES string of the molecule is CCOC(=O)[N+](N)=C(c1ccc(Cl)cc1)c1ccc(OS(=O)(=O)C(F)(F)F)cc1. The van der Waals surface area contributed by atoms with E-state index in [9.17, 15) is 26.4 Å². The van der Waals surface area contributed by atoms with Crippen molar-refractivity contribution in [1.29, 1.82) is 0 Å². The molecule has 0 atom stereocenters. The molecule has 0 saturated carbocycles. The Kier molecular flexibility index (Phi) is 6.75. The van der Waals surface area contributed by atoms with Crippen molar-refractivity contribution in [3.63, 3.8) is 0 Å². The minimum absolute atomic E-state index is 0.0580. The van der Waals surface area contributed by atoms with Gasteiger partial charge in [0, 0.05) is 5.02 Å². The first-order chi connectivity index (χ1) is 13.5. The van der Waals surface area contributed by atoms with E-state index in [1.165, 1.54) is 12.1 Å². The molecule has 29 heavy (non-hydrogen) atoms. The van der Waals surface area contributed by atoms with Crippen LogP contribution in [-0.4, -0.2) is 37.0 Å². The molecule has 0 unspecified atom stereocenters. The summed E-state index contributed by atoms with van der Waals surface area (Å²) >= 11 is 5.86. The van der Waals surface area contributed by atoms with Crippen LogP contribution in [0.2, 0.25) is 5.02 Å². The predicted molar refractivity (Wildman–Crippen MR) is 98.2 cm³/mol. The van der Waals surface area contributed by atoms with Crippen LogP contribution >= 0.6 is 11.6 Å². The number of halogens is 4. The molecule has 12 heteroatoms. The standard InChI is InChI=1S/C17H15ClF3N2O5S/c1-2-27-16(24)23(22)15(11-3-7-13(18)8-4-11)12-5-9-14(10-6-12)28-29(25,26)17(19,20)21/h3-10H,2,22H2,1H3/q+1. The van der Waals surface area contributed by atoms with Crippen LogP contribution in [0.1, 0.15) is 18.1 Å². The summed E-state index contributed by atoms with van der Waals surface area (Å²) in [6.45, 7) is 1.64. The lowest BCUT2D eigenvalue weighted by Gasteiger charge is -2.10. The zero-order valence-corrected chi connectivity index (χ0v) is 16.4. The molecule has 2 rings (SSSR count). The number of hydrazone groups is 1. The summed E-state index contributed by atoms with van der Waals surface area (Å²) in [6.07, 6.45) is -0.877. The summed E-state index contributed by atoms with van der Waals surface area (Å²) in [7, 11) is -5.81. The van der Waals surface area contributed by atoms with Crippen molar-refractivity contribution in [3.8, 4) is 5.75 Å². The van der Waals surface area contributed by atoms with Gasteiger partial charge in [0.25, 0.3) is 5.71 Å². The number of rotatable bonds is 5. The van der Waals surface area contributed by atoms with E-state index in [-0.39, 0.29) is 17.9 Å².